The molecule has 2 aromatic rings. The highest BCUT2D eigenvalue weighted by Gasteiger charge is 2.23. The molecule has 0 saturated heterocycles. The standard InChI is InChI=1S/C19H22N2O/c22-19-17(16-8-4-10-20-12-16)11-15-7-1-2-9-18(15)21(19)13-14-5-3-6-14/h4,8,10-12,14H,1-3,5-7,9,13H2. The van der Waals surface area contributed by atoms with E-state index in [1.165, 1.54) is 43.4 Å². The number of pyridine rings is 2. The van der Waals surface area contributed by atoms with E-state index in [2.05, 4.69) is 15.6 Å². The van der Waals surface area contributed by atoms with Gasteiger partial charge in [-0.1, -0.05) is 12.5 Å². The first-order chi connectivity index (χ1) is 10.8. The summed E-state index contributed by atoms with van der Waals surface area (Å²) in [4.78, 5) is 17.2. The zero-order valence-corrected chi connectivity index (χ0v) is 12.9. The van der Waals surface area contributed by atoms with Crippen molar-refractivity contribution in [2.45, 2.75) is 51.5 Å². The predicted molar refractivity (Wildman–Crippen MR) is 87.9 cm³/mol. The van der Waals surface area contributed by atoms with Gasteiger partial charge in [0.15, 0.2) is 0 Å². The lowest BCUT2D eigenvalue weighted by Crippen LogP contribution is -2.32. The van der Waals surface area contributed by atoms with E-state index in [0.29, 0.717) is 5.92 Å². The molecule has 0 spiro atoms. The van der Waals surface area contributed by atoms with E-state index in [-0.39, 0.29) is 5.56 Å². The maximum absolute atomic E-state index is 13.1. The summed E-state index contributed by atoms with van der Waals surface area (Å²) in [5.74, 6) is 0.702. The molecule has 1 saturated carbocycles. The van der Waals surface area contributed by atoms with Crippen molar-refractivity contribution in [3.05, 3.63) is 52.2 Å². The Morgan fingerprint density at radius 3 is 2.77 bits per heavy atom. The van der Waals surface area contributed by atoms with Crippen molar-refractivity contribution in [3.63, 3.8) is 0 Å². The van der Waals surface area contributed by atoms with Crippen molar-refractivity contribution in [2.24, 2.45) is 5.92 Å². The number of nitrogens with zero attached hydrogens (tertiary/aromatic N) is 2. The van der Waals surface area contributed by atoms with Gasteiger partial charge in [0.05, 0.1) is 0 Å². The van der Waals surface area contributed by atoms with Crippen LogP contribution in [-0.2, 0) is 19.4 Å². The normalized spacial score (nSPS) is 17.8. The van der Waals surface area contributed by atoms with Crippen molar-refractivity contribution in [3.8, 4) is 11.1 Å². The Morgan fingerprint density at radius 1 is 1.18 bits per heavy atom. The molecule has 114 valence electrons. The minimum atomic E-state index is 0.181. The molecule has 0 aromatic carbocycles. The summed E-state index contributed by atoms with van der Waals surface area (Å²) in [6, 6.07) is 6.03. The Labute approximate surface area is 131 Å². The Balaban J connectivity index is 1.85. The number of hydrogen-bond acceptors (Lipinski definition) is 2. The van der Waals surface area contributed by atoms with E-state index < -0.39 is 0 Å². The summed E-state index contributed by atoms with van der Waals surface area (Å²) < 4.78 is 2.10. The average molecular weight is 294 g/mol. The van der Waals surface area contributed by atoms with Crippen LogP contribution in [0.1, 0.15) is 43.4 Å². The van der Waals surface area contributed by atoms with Crippen molar-refractivity contribution in [2.75, 3.05) is 0 Å². The molecule has 0 radical (unpaired) electrons. The lowest BCUT2D eigenvalue weighted by molar-refractivity contribution is 0.269. The van der Waals surface area contributed by atoms with Crippen molar-refractivity contribution in [1.29, 1.82) is 0 Å². The zero-order chi connectivity index (χ0) is 14.9. The highest BCUT2D eigenvalue weighted by Crippen LogP contribution is 2.30. The topological polar surface area (TPSA) is 34.9 Å². The summed E-state index contributed by atoms with van der Waals surface area (Å²) in [6.07, 6.45) is 12.1. The molecule has 0 bridgehead atoms. The molecule has 0 amide bonds. The van der Waals surface area contributed by atoms with Crippen molar-refractivity contribution >= 4 is 0 Å². The fraction of sp³-hybridized carbons (Fsp3) is 0.474. The molecule has 2 aromatic heterocycles. The Bertz CT molecular complexity index is 729. The molecular formula is C19H22N2O. The number of rotatable bonds is 3. The summed E-state index contributed by atoms with van der Waals surface area (Å²) in [7, 11) is 0. The van der Waals surface area contributed by atoms with Crippen LogP contribution in [0.2, 0.25) is 0 Å². The van der Waals surface area contributed by atoms with Gasteiger partial charge in [0, 0.05) is 35.8 Å². The molecule has 22 heavy (non-hydrogen) atoms. The van der Waals surface area contributed by atoms with Gasteiger partial charge < -0.3 is 4.57 Å². The average Bonchev–Trinajstić information content (AvgIpc) is 2.53. The van der Waals surface area contributed by atoms with E-state index >= 15 is 0 Å². The minimum Gasteiger partial charge on any atom is -0.312 e. The van der Waals surface area contributed by atoms with Crippen LogP contribution in [0.5, 0.6) is 0 Å². The second-order valence-electron chi connectivity index (χ2n) is 6.69. The summed E-state index contributed by atoms with van der Waals surface area (Å²) >= 11 is 0. The third-order valence-corrected chi connectivity index (χ3v) is 5.24. The molecule has 0 unspecified atom stereocenters. The Kier molecular flexibility index (Phi) is 3.57. The molecule has 0 aliphatic heterocycles. The number of aromatic nitrogens is 2. The third kappa shape index (κ3) is 2.39. The summed E-state index contributed by atoms with van der Waals surface area (Å²) in [5, 5.41) is 0. The number of hydrogen-bond donors (Lipinski definition) is 0. The molecule has 0 N–H and O–H groups in total. The van der Waals surface area contributed by atoms with Crippen LogP contribution in [0.15, 0.2) is 35.4 Å². The van der Waals surface area contributed by atoms with Crippen molar-refractivity contribution in [1.82, 2.24) is 9.55 Å². The fourth-order valence-corrected chi connectivity index (χ4v) is 3.74. The SMILES string of the molecule is O=c1c(-c2cccnc2)cc2c(n1CC1CCC1)CCCC2. The summed E-state index contributed by atoms with van der Waals surface area (Å²) in [5.41, 5.74) is 4.64. The molecule has 3 nitrogen and oxygen atoms in total. The van der Waals surface area contributed by atoms with Gasteiger partial charge >= 0.3 is 0 Å². The van der Waals surface area contributed by atoms with Gasteiger partial charge in [-0.15, -0.1) is 0 Å². The van der Waals surface area contributed by atoms with Crippen LogP contribution >= 0.6 is 0 Å². The zero-order valence-electron chi connectivity index (χ0n) is 12.9. The van der Waals surface area contributed by atoms with Crippen LogP contribution in [0, 0.1) is 5.92 Å². The van der Waals surface area contributed by atoms with Crippen LogP contribution in [0.4, 0.5) is 0 Å². The molecule has 4 rings (SSSR count). The van der Waals surface area contributed by atoms with Crippen molar-refractivity contribution < 1.29 is 0 Å². The second kappa shape index (κ2) is 5.71. The predicted octanol–water partition coefficient (Wildman–Crippen LogP) is 3.59. The van der Waals surface area contributed by atoms with E-state index in [1.54, 1.807) is 12.4 Å². The van der Waals surface area contributed by atoms with E-state index in [0.717, 1.165) is 30.5 Å². The smallest absolute Gasteiger partial charge is 0.258 e. The van der Waals surface area contributed by atoms with Crippen LogP contribution < -0.4 is 5.56 Å². The molecule has 0 atom stereocenters. The van der Waals surface area contributed by atoms with Crippen LogP contribution in [-0.4, -0.2) is 9.55 Å². The quantitative estimate of drug-likeness (QED) is 0.867. The van der Waals surface area contributed by atoms with Crippen LogP contribution in [0.3, 0.4) is 0 Å². The van der Waals surface area contributed by atoms with Crippen LogP contribution in [0.25, 0.3) is 11.1 Å². The fourth-order valence-electron chi connectivity index (χ4n) is 3.74. The Hall–Kier alpha value is -1.90. The minimum absolute atomic E-state index is 0.181. The van der Waals surface area contributed by atoms with Gasteiger partial charge in [0.1, 0.15) is 0 Å². The van der Waals surface area contributed by atoms with Gasteiger partial charge in [0.25, 0.3) is 5.56 Å². The highest BCUT2D eigenvalue weighted by atomic mass is 16.1. The maximum atomic E-state index is 13.1. The lowest BCUT2D eigenvalue weighted by atomic mass is 9.84. The van der Waals surface area contributed by atoms with E-state index in [9.17, 15) is 4.79 Å². The van der Waals surface area contributed by atoms with Gasteiger partial charge in [-0.05, 0) is 62.1 Å². The summed E-state index contributed by atoms with van der Waals surface area (Å²) in [6.45, 7) is 0.912. The number of aryl methyl sites for hydroxylation is 1. The second-order valence-corrected chi connectivity index (χ2v) is 6.69. The van der Waals surface area contributed by atoms with Gasteiger partial charge in [-0.25, -0.2) is 0 Å². The molecule has 2 aliphatic carbocycles. The molecule has 2 aliphatic rings. The first-order valence-corrected chi connectivity index (χ1v) is 8.49. The first-order valence-electron chi connectivity index (χ1n) is 8.49. The first kappa shape index (κ1) is 13.7. The van der Waals surface area contributed by atoms with E-state index in [1.807, 2.05) is 12.1 Å². The largest absolute Gasteiger partial charge is 0.312 e. The third-order valence-electron chi connectivity index (χ3n) is 5.24. The molecule has 2 heterocycles. The maximum Gasteiger partial charge on any atom is 0.258 e. The molecule has 3 heteroatoms. The van der Waals surface area contributed by atoms with Gasteiger partial charge in [-0.2, -0.15) is 0 Å². The van der Waals surface area contributed by atoms with Gasteiger partial charge in [0.2, 0.25) is 0 Å². The highest BCUT2D eigenvalue weighted by molar-refractivity contribution is 5.62. The lowest BCUT2D eigenvalue weighted by Gasteiger charge is -2.29. The van der Waals surface area contributed by atoms with E-state index in [4.69, 9.17) is 0 Å². The molecule has 1 fully saturated rings. The monoisotopic (exact) mass is 294 g/mol. The van der Waals surface area contributed by atoms with Gasteiger partial charge in [-0.3, -0.25) is 9.78 Å². The molecular weight excluding hydrogens is 272 g/mol. The number of fused-ring (bicyclic) bond motifs is 1. The Morgan fingerprint density at radius 2 is 2.05 bits per heavy atom.